The number of hydrogen-bond donors (Lipinski definition) is 1. The molecule has 0 saturated heterocycles. The molecule has 0 radical (unpaired) electrons. The summed E-state index contributed by atoms with van der Waals surface area (Å²) in [6.45, 7) is 5.64. The van der Waals surface area contributed by atoms with Crippen LogP contribution in [0.5, 0.6) is 0 Å². The van der Waals surface area contributed by atoms with Crippen molar-refractivity contribution in [2.45, 2.75) is 45.4 Å². The first-order valence-electron chi connectivity index (χ1n) is 9.88. The van der Waals surface area contributed by atoms with Crippen LogP contribution in [-0.2, 0) is 22.5 Å². The molecular weight excluding hydrogens is 436 g/mol. The van der Waals surface area contributed by atoms with Crippen molar-refractivity contribution in [1.29, 1.82) is 5.26 Å². The van der Waals surface area contributed by atoms with Gasteiger partial charge in [-0.1, -0.05) is 29.8 Å². The van der Waals surface area contributed by atoms with E-state index < -0.39 is 17.7 Å². The highest BCUT2D eigenvalue weighted by molar-refractivity contribution is 7.17. The maximum absolute atomic E-state index is 12.6. The van der Waals surface area contributed by atoms with E-state index in [1.54, 1.807) is 31.7 Å². The number of nitriles is 1. The van der Waals surface area contributed by atoms with Gasteiger partial charge in [-0.25, -0.2) is 4.79 Å². The Bertz CT molecular complexity index is 1150. The van der Waals surface area contributed by atoms with Crippen LogP contribution in [-0.4, -0.2) is 40.8 Å². The van der Waals surface area contributed by atoms with E-state index in [0.717, 1.165) is 21.6 Å². The lowest BCUT2D eigenvalue weighted by molar-refractivity contribution is -0.116. The summed E-state index contributed by atoms with van der Waals surface area (Å²) in [7, 11) is 0. The zero-order valence-electron chi connectivity index (χ0n) is 17.4. The Morgan fingerprint density at radius 2 is 2.16 bits per heavy atom. The molecule has 160 valence electrons. The molecule has 3 heterocycles. The number of nitrogens with one attached hydrogen (secondary N) is 1. The number of thiophene rings is 1. The fourth-order valence-corrected chi connectivity index (χ4v) is 5.09. The van der Waals surface area contributed by atoms with Gasteiger partial charge in [0.05, 0.1) is 12.3 Å². The van der Waals surface area contributed by atoms with Crippen LogP contribution in [0.4, 0.5) is 9.80 Å². The molecular formula is C22H21ClN4O3S. The number of carbonyl (C=O) groups is 2. The van der Waals surface area contributed by atoms with Crippen LogP contribution in [0.15, 0.2) is 29.3 Å². The van der Waals surface area contributed by atoms with Crippen molar-refractivity contribution >= 4 is 45.7 Å². The van der Waals surface area contributed by atoms with Crippen molar-refractivity contribution in [3.63, 3.8) is 0 Å². The van der Waals surface area contributed by atoms with Gasteiger partial charge in [-0.3, -0.25) is 9.79 Å². The highest BCUT2D eigenvalue weighted by Gasteiger charge is 2.34. The highest BCUT2D eigenvalue weighted by atomic mass is 35.5. The number of fused-ring (bicyclic) bond motifs is 3. The summed E-state index contributed by atoms with van der Waals surface area (Å²) < 4.78 is 5.32. The molecule has 0 saturated carbocycles. The van der Waals surface area contributed by atoms with Crippen LogP contribution < -0.4 is 5.32 Å². The van der Waals surface area contributed by atoms with Gasteiger partial charge in [0.25, 0.3) is 0 Å². The minimum Gasteiger partial charge on any atom is -0.428 e. The topological polar surface area (TPSA) is 94.8 Å². The van der Waals surface area contributed by atoms with Crippen molar-refractivity contribution < 1.29 is 14.3 Å². The normalized spacial score (nSPS) is 18.2. The molecule has 0 aliphatic carbocycles. The predicted molar refractivity (Wildman–Crippen MR) is 120 cm³/mol. The molecule has 0 spiro atoms. The highest BCUT2D eigenvalue weighted by Crippen LogP contribution is 2.41. The van der Waals surface area contributed by atoms with E-state index in [9.17, 15) is 9.59 Å². The van der Waals surface area contributed by atoms with E-state index >= 15 is 0 Å². The Kier molecular flexibility index (Phi) is 5.50. The molecule has 7 nitrogen and oxygen atoms in total. The first-order valence-corrected chi connectivity index (χ1v) is 11.1. The van der Waals surface area contributed by atoms with E-state index in [4.69, 9.17) is 26.6 Å². The fourth-order valence-electron chi connectivity index (χ4n) is 3.59. The summed E-state index contributed by atoms with van der Waals surface area (Å²) in [6.07, 6.45) is 0.0511. The molecule has 2 aliphatic rings. The summed E-state index contributed by atoms with van der Waals surface area (Å²) in [5.41, 5.74) is 2.18. The second-order valence-corrected chi connectivity index (χ2v) is 9.50. The lowest BCUT2D eigenvalue weighted by atomic mass is 9.95. The van der Waals surface area contributed by atoms with Gasteiger partial charge >= 0.3 is 6.09 Å². The van der Waals surface area contributed by atoms with E-state index in [1.165, 1.54) is 11.3 Å². The molecule has 1 unspecified atom stereocenters. The van der Waals surface area contributed by atoms with Gasteiger partial charge in [-0.05, 0) is 38.8 Å². The number of carbonyl (C=O) groups excluding carboxylic acids is 2. The average Bonchev–Trinajstić information content (AvgIpc) is 3.03. The SMILES string of the molecule is CC1N=C(c2ccccc2Cl)c2c(sc3c2CCN(C(=O)OC(C)(C)C#N)C3)NC1=O. The van der Waals surface area contributed by atoms with E-state index in [0.29, 0.717) is 35.2 Å². The number of halogens is 1. The van der Waals surface area contributed by atoms with Crippen molar-refractivity contribution in [2.24, 2.45) is 4.99 Å². The first-order chi connectivity index (χ1) is 14.7. The van der Waals surface area contributed by atoms with Gasteiger partial charge in [0.2, 0.25) is 5.91 Å². The maximum Gasteiger partial charge on any atom is 0.411 e. The van der Waals surface area contributed by atoms with Gasteiger partial charge in [-0.15, -0.1) is 11.3 Å². The molecule has 9 heteroatoms. The zero-order valence-corrected chi connectivity index (χ0v) is 18.9. The van der Waals surface area contributed by atoms with Crippen LogP contribution in [0, 0.1) is 11.3 Å². The number of aliphatic imine (C=N–C) groups is 1. The number of anilines is 1. The zero-order chi connectivity index (χ0) is 22.3. The number of nitrogens with zero attached hydrogens (tertiary/aromatic N) is 3. The molecule has 2 aromatic rings. The van der Waals surface area contributed by atoms with Crippen LogP contribution >= 0.6 is 22.9 Å². The number of amides is 2. The minimum absolute atomic E-state index is 0.186. The van der Waals surface area contributed by atoms with Crippen LogP contribution in [0.3, 0.4) is 0 Å². The molecule has 1 atom stereocenters. The van der Waals surface area contributed by atoms with Crippen LogP contribution in [0.2, 0.25) is 5.02 Å². The standard InChI is InChI=1S/C22H21ClN4O3S/c1-12-19(28)26-20-17(18(25-12)13-6-4-5-7-15(13)23)14-8-9-27(10-16(14)31-20)21(29)30-22(2,3)11-24/h4-7,12H,8-10H2,1-3H3,(H,26,28). The lowest BCUT2D eigenvalue weighted by Crippen LogP contribution is -2.40. The molecule has 1 N–H and O–H groups in total. The van der Waals surface area contributed by atoms with Gasteiger partial charge in [0.1, 0.15) is 17.1 Å². The monoisotopic (exact) mass is 456 g/mol. The maximum atomic E-state index is 12.6. The lowest BCUT2D eigenvalue weighted by Gasteiger charge is -2.29. The summed E-state index contributed by atoms with van der Waals surface area (Å²) in [5.74, 6) is -0.186. The molecule has 1 aromatic heterocycles. The number of ether oxygens (including phenoxy) is 1. The summed E-state index contributed by atoms with van der Waals surface area (Å²) in [5, 5.41) is 13.4. The van der Waals surface area contributed by atoms with Crippen molar-refractivity contribution in [1.82, 2.24) is 4.90 Å². The largest absolute Gasteiger partial charge is 0.428 e. The van der Waals surface area contributed by atoms with Crippen LogP contribution in [0.25, 0.3) is 0 Å². The van der Waals surface area contributed by atoms with E-state index in [1.807, 2.05) is 24.3 Å². The quantitative estimate of drug-likeness (QED) is 0.725. The first kappa shape index (κ1) is 21.3. The predicted octanol–water partition coefficient (Wildman–Crippen LogP) is 4.38. The Morgan fingerprint density at radius 1 is 1.42 bits per heavy atom. The number of hydrogen-bond acceptors (Lipinski definition) is 6. The van der Waals surface area contributed by atoms with Gasteiger partial charge in [0.15, 0.2) is 5.60 Å². The van der Waals surface area contributed by atoms with Gasteiger partial charge in [-0.2, -0.15) is 5.26 Å². The number of benzene rings is 1. The molecule has 1 aromatic carbocycles. The molecule has 31 heavy (non-hydrogen) atoms. The Morgan fingerprint density at radius 3 is 2.87 bits per heavy atom. The van der Waals surface area contributed by atoms with Gasteiger partial charge < -0.3 is 15.0 Å². The Labute approximate surface area is 189 Å². The Hall–Kier alpha value is -2.89. The van der Waals surface area contributed by atoms with Crippen molar-refractivity contribution in [2.75, 3.05) is 11.9 Å². The van der Waals surface area contributed by atoms with Crippen molar-refractivity contribution in [3.05, 3.63) is 50.9 Å². The molecule has 4 rings (SSSR count). The second-order valence-electron chi connectivity index (χ2n) is 7.99. The summed E-state index contributed by atoms with van der Waals surface area (Å²) >= 11 is 7.91. The molecule has 0 bridgehead atoms. The van der Waals surface area contributed by atoms with E-state index in [-0.39, 0.29) is 5.91 Å². The Balaban J connectivity index is 1.73. The summed E-state index contributed by atoms with van der Waals surface area (Å²) in [4.78, 5) is 32.3. The smallest absolute Gasteiger partial charge is 0.411 e. The van der Waals surface area contributed by atoms with Gasteiger partial charge in [0, 0.05) is 27.6 Å². The third kappa shape index (κ3) is 4.03. The fraction of sp³-hybridized carbons (Fsp3) is 0.364. The third-order valence-electron chi connectivity index (χ3n) is 5.23. The van der Waals surface area contributed by atoms with E-state index in [2.05, 4.69) is 5.32 Å². The average molecular weight is 457 g/mol. The third-order valence-corrected chi connectivity index (χ3v) is 6.69. The molecule has 0 fully saturated rings. The summed E-state index contributed by atoms with van der Waals surface area (Å²) in [6, 6.07) is 8.87. The van der Waals surface area contributed by atoms with Crippen LogP contribution in [0.1, 0.15) is 42.3 Å². The molecule has 2 amide bonds. The minimum atomic E-state index is -1.20. The van der Waals surface area contributed by atoms with Crippen molar-refractivity contribution in [3.8, 4) is 6.07 Å². The second kappa shape index (κ2) is 7.98. The number of rotatable bonds is 2. The molecule has 2 aliphatic heterocycles.